The van der Waals surface area contributed by atoms with Crippen LogP contribution in [0.4, 0.5) is 0 Å². The standard InChI is InChI=1S/C16H39ClO3Si3/c1-7-22(8-2,9-3)19-16(18-21-15-13-14-17)20-23(10-4,11-5)12-6/h16H,7-15,21H2,1-6H3. The number of alkyl halides is 1. The minimum absolute atomic E-state index is 0.407. The average molecular weight is 399 g/mol. The molecule has 0 rings (SSSR count). The fourth-order valence-electron chi connectivity index (χ4n) is 2.88. The molecule has 0 saturated carbocycles. The Labute approximate surface area is 154 Å². The molecular weight excluding hydrogens is 360 g/mol. The first-order valence-electron chi connectivity index (χ1n) is 9.54. The summed E-state index contributed by atoms with van der Waals surface area (Å²) in [6, 6.07) is 7.88. The molecule has 0 spiro atoms. The molecule has 0 heterocycles. The van der Waals surface area contributed by atoms with Crippen LogP contribution in [0.15, 0.2) is 0 Å². The maximum absolute atomic E-state index is 6.56. The third-order valence-corrected chi connectivity index (χ3v) is 16.0. The van der Waals surface area contributed by atoms with Crippen molar-refractivity contribution in [2.45, 2.75) is 96.7 Å². The van der Waals surface area contributed by atoms with Gasteiger partial charge in [-0.3, -0.25) is 0 Å². The molecule has 7 heteroatoms. The quantitative estimate of drug-likeness (QED) is 0.158. The van der Waals surface area contributed by atoms with E-state index in [2.05, 4.69) is 41.5 Å². The van der Waals surface area contributed by atoms with Crippen LogP contribution in [0.2, 0.25) is 42.3 Å². The van der Waals surface area contributed by atoms with Gasteiger partial charge < -0.3 is 13.3 Å². The van der Waals surface area contributed by atoms with E-state index in [9.17, 15) is 0 Å². The summed E-state index contributed by atoms with van der Waals surface area (Å²) in [5.41, 5.74) is 0. The Hall–Kier alpha value is 0.821. The summed E-state index contributed by atoms with van der Waals surface area (Å²) in [7, 11) is -4.06. The van der Waals surface area contributed by atoms with Crippen LogP contribution < -0.4 is 0 Å². The molecule has 0 radical (unpaired) electrons. The molecule has 3 nitrogen and oxygen atoms in total. The first kappa shape index (κ1) is 23.8. The summed E-state index contributed by atoms with van der Waals surface area (Å²) in [4.78, 5) is 0. The van der Waals surface area contributed by atoms with Crippen LogP contribution in [0.1, 0.15) is 48.0 Å². The minimum atomic E-state index is -1.72. The number of hydrogen-bond donors (Lipinski definition) is 0. The van der Waals surface area contributed by atoms with E-state index >= 15 is 0 Å². The van der Waals surface area contributed by atoms with E-state index in [1.807, 2.05) is 0 Å². The zero-order valence-corrected chi connectivity index (χ0v) is 20.4. The van der Waals surface area contributed by atoms with Gasteiger partial charge in [-0.1, -0.05) is 41.5 Å². The van der Waals surface area contributed by atoms with Crippen molar-refractivity contribution >= 4 is 38.0 Å². The summed E-state index contributed by atoms with van der Waals surface area (Å²) in [6.07, 6.45) is 1.04. The van der Waals surface area contributed by atoms with E-state index in [0.717, 1.165) is 54.6 Å². The van der Waals surface area contributed by atoms with Crippen molar-refractivity contribution in [2.75, 3.05) is 5.88 Å². The molecule has 140 valence electrons. The lowest BCUT2D eigenvalue weighted by atomic mass is 10.6. The maximum atomic E-state index is 6.56. The number of hydrogen-bond acceptors (Lipinski definition) is 3. The molecule has 0 aliphatic heterocycles. The van der Waals surface area contributed by atoms with E-state index in [0.29, 0.717) is 0 Å². The summed E-state index contributed by atoms with van der Waals surface area (Å²) >= 11 is 5.78. The minimum Gasteiger partial charge on any atom is -0.380 e. The van der Waals surface area contributed by atoms with E-state index in [4.69, 9.17) is 24.9 Å². The normalized spacial score (nSPS) is 13.6. The Morgan fingerprint density at radius 3 is 1.48 bits per heavy atom. The largest absolute Gasteiger partial charge is 0.380 e. The molecule has 0 aromatic carbocycles. The second-order valence-corrected chi connectivity index (χ2v) is 17.6. The highest BCUT2D eigenvalue weighted by atomic mass is 35.5. The zero-order chi connectivity index (χ0) is 17.8. The van der Waals surface area contributed by atoms with Gasteiger partial charge in [0.25, 0.3) is 0 Å². The van der Waals surface area contributed by atoms with Gasteiger partial charge in [0.2, 0.25) is 6.48 Å². The maximum Gasteiger partial charge on any atom is 0.242 e. The molecule has 23 heavy (non-hydrogen) atoms. The Balaban J connectivity index is 4.98. The van der Waals surface area contributed by atoms with Crippen molar-refractivity contribution in [2.24, 2.45) is 0 Å². The molecule has 0 N–H and O–H groups in total. The lowest BCUT2D eigenvalue weighted by Crippen LogP contribution is -2.48. The third kappa shape index (κ3) is 8.16. The Morgan fingerprint density at radius 2 is 1.17 bits per heavy atom. The molecule has 0 amide bonds. The van der Waals surface area contributed by atoms with Crippen molar-refractivity contribution in [1.82, 2.24) is 0 Å². The Morgan fingerprint density at radius 1 is 0.783 bits per heavy atom. The van der Waals surface area contributed by atoms with Crippen LogP contribution >= 0.6 is 11.6 Å². The molecule has 0 aromatic rings. The summed E-state index contributed by atoms with van der Waals surface area (Å²) in [5.74, 6) is 0.720. The molecule has 0 aliphatic carbocycles. The van der Waals surface area contributed by atoms with Crippen LogP contribution in [0.25, 0.3) is 0 Å². The average Bonchev–Trinajstić information content (AvgIpc) is 2.61. The Kier molecular flexibility index (Phi) is 13.5. The van der Waals surface area contributed by atoms with Crippen molar-refractivity contribution in [3.05, 3.63) is 0 Å². The number of rotatable bonds is 15. The summed E-state index contributed by atoms with van der Waals surface area (Å²) < 4.78 is 19.3. The highest BCUT2D eigenvalue weighted by Gasteiger charge is 2.38. The van der Waals surface area contributed by atoms with Crippen LogP contribution in [-0.2, 0) is 13.3 Å². The van der Waals surface area contributed by atoms with E-state index in [1.165, 1.54) is 0 Å². The van der Waals surface area contributed by atoms with Gasteiger partial charge in [0.15, 0.2) is 26.4 Å². The molecule has 0 saturated heterocycles. The number of halogens is 1. The van der Waals surface area contributed by atoms with Gasteiger partial charge in [-0.2, -0.15) is 0 Å². The fourth-order valence-corrected chi connectivity index (χ4v) is 9.75. The first-order valence-corrected chi connectivity index (χ1v) is 16.7. The second kappa shape index (κ2) is 13.1. The lowest BCUT2D eigenvalue weighted by Gasteiger charge is -2.38. The van der Waals surface area contributed by atoms with Crippen LogP contribution in [-0.4, -0.2) is 38.8 Å². The zero-order valence-electron chi connectivity index (χ0n) is 16.3. The first-order chi connectivity index (χ1) is 11.0. The van der Waals surface area contributed by atoms with Gasteiger partial charge in [0.05, 0.1) is 0 Å². The molecule has 0 aromatic heterocycles. The van der Waals surface area contributed by atoms with Crippen molar-refractivity contribution < 1.29 is 13.3 Å². The molecule has 0 bridgehead atoms. The molecular formula is C16H39ClO3Si3. The van der Waals surface area contributed by atoms with Gasteiger partial charge in [-0.25, -0.2) is 0 Å². The molecule has 0 aliphatic rings. The molecule has 0 atom stereocenters. The highest BCUT2D eigenvalue weighted by molar-refractivity contribution is 6.74. The van der Waals surface area contributed by atoms with Crippen LogP contribution in [0.3, 0.4) is 0 Å². The van der Waals surface area contributed by atoms with Crippen LogP contribution in [0.5, 0.6) is 0 Å². The van der Waals surface area contributed by atoms with Crippen molar-refractivity contribution in [1.29, 1.82) is 0 Å². The van der Waals surface area contributed by atoms with E-state index in [1.54, 1.807) is 0 Å². The van der Waals surface area contributed by atoms with Gasteiger partial charge >= 0.3 is 0 Å². The second-order valence-electron chi connectivity index (χ2n) is 6.28. The fraction of sp³-hybridized carbons (Fsp3) is 1.00. The van der Waals surface area contributed by atoms with Gasteiger partial charge in [0.1, 0.15) is 0 Å². The predicted molar refractivity (Wildman–Crippen MR) is 110 cm³/mol. The predicted octanol–water partition coefficient (Wildman–Crippen LogP) is 5.46. The van der Waals surface area contributed by atoms with Gasteiger partial charge in [-0.05, 0) is 48.7 Å². The topological polar surface area (TPSA) is 27.7 Å². The highest BCUT2D eigenvalue weighted by Crippen LogP contribution is 2.29. The monoisotopic (exact) mass is 398 g/mol. The SMILES string of the molecule is CC[Si](CC)(CC)OC(O[SiH2]CCCCl)O[Si](CC)(CC)CC. The summed E-state index contributed by atoms with van der Waals surface area (Å²) in [5, 5.41) is 0. The smallest absolute Gasteiger partial charge is 0.242 e. The van der Waals surface area contributed by atoms with Crippen molar-refractivity contribution in [3.63, 3.8) is 0 Å². The van der Waals surface area contributed by atoms with Gasteiger partial charge in [0, 0.05) is 5.88 Å². The lowest BCUT2D eigenvalue weighted by molar-refractivity contribution is -0.155. The Bertz CT molecular complexity index is 249. The van der Waals surface area contributed by atoms with Crippen LogP contribution in [0, 0.1) is 0 Å². The van der Waals surface area contributed by atoms with Gasteiger partial charge in [-0.15, -0.1) is 11.6 Å². The molecule has 0 fully saturated rings. The third-order valence-electron chi connectivity index (χ3n) is 5.34. The molecule has 0 unspecified atom stereocenters. The van der Waals surface area contributed by atoms with Crippen molar-refractivity contribution in [3.8, 4) is 0 Å². The summed E-state index contributed by atoms with van der Waals surface area (Å²) in [6.45, 7) is 13.1. The van der Waals surface area contributed by atoms with E-state index < -0.39 is 32.9 Å². The van der Waals surface area contributed by atoms with E-state index in [-0.39, 0.29) is 0 Å².